The molecule has 2 aliphatic carbocycles. The molecule has 3 rings (SSSR count). The highest BCUT2D eigenvalue weighted by molar-refractivity contribution is 6.42. The molecule has 1 aromatic rings. The minimum Gasteiger partial charge on any atom is -0.396 e. The van der Waals surface area contributed by atoms with Crippen LogP contribution in [0.3, 0.4) is 0 Å². The Morgan fingerprint density at radius 3 is 2.81 bits per heavy atom. The van der Waals surface area contributed by atoms with Gasteiger partial charge in [0.1, 0.15) is 0 Å². The fraction of sp³-hybridized carbons (Fsp3) is 0.562. The molecule has 1 amide bonds. The molecule has 21 heavy (non-hydrogen) atoms. The van der Waals surface area contributed by atoms with Crippen molar-refractivity contribution in [3.63, 3.8) is 0 Å². The fourth-order valence-corrected chi connectivity index (χ4v) is 3.44. The standard InChI is InChI=1S/C16H19Cl2NO2/c17-13-3-1-2-10(15(13)18)11-8-12(11)16(21)19-14(6-7-20)9-4-5-9/h1-3,9,11-12,14,20H,4-8H2,(H,19,21). The smallest absolute Gasteiger partial charge is 0.223 e. The van der Waals surface area contributed by atoms with E-state index in [-0.39, 0.29) is 30.4 Å². The lowest BCUT2D eigenvalue weighted by Gasteiger charge is -2.17. The molecular weight excluding hydrogens is 309 g/mol. The number of nitrogens with one attached hydrogen (secondary N) is 1. The summed E-state index contributed by atoms with van der Waals surface area (Å²) < 4.78 is 0. The molecule has 0 aromatic heterocycles. The summed E-state index contributed by atoms with van der Waals surface area (Å²) in [6, 6.07) is 5.70. The van der Waals surface area contributed by atoms with Gasteiger partial charge in [0.05, 0.1) is 10.0 Å². The maximum Gasteiger partial charge on any atom is 0.223 e. The first-order valence-corrected chi connectivity index (χ1v) is 8.22. The topological polar surface area (TPSA) is 49.3 Å². The third-order valence-electron chi connectivity index (χ3n) is 4.47. The second-order valence-corrected chi connectivity index (χ2v) is 6.84. The summed E-state index contributed by atoms with van der Waals surface area (Å²) in [6.45, 7) is 0.121. The second-order valence-electron chi connectivity index (χ2n) is 6.06. The number of aliphatic hydroxyl groups excluding tert-OH is 1. The highest BCUT2D eigenvalue weighted by Crippen LogP contribution is 2.51. The molecule has 0 radical (unpaired) electrons. The minimum absolute atomic E-state index is 0.0130. The molecule has 3 atom stereocenters. The van der Waals surface area contributed by atoms with Crippen LogP contribution in [-0.2, 0) is 4.79 Å². The zero-order chi connectivity index (χ0) is 15.0. The maximum absolute atomic E-state index is 12.3. The first kappa shape index (κ1) is 15.1. The Labute approximate surface area is 134 Å². The van der Waals surface area contributed by atoms with Gasteiger partial charge in [-0.2, -0.15) is 0 Å². The van der Waals surface area contributed by atoms with Crippen LogP contribution in [-0.4, -0.2) is 23.7 Å². The molecule has 2 aliphatic rings. The molecule has 1 aromatic carbocycles. The zero-order valence-corrected chi connectivity index (χ0v) is 13.2. The quantitative estimate of drug-likeness (QED) is 0.841. The van der Waals surface area contributed by atoms with Crippen molar-refractivity contribution in [2.24, 2.45) is 11.8 Å². The average Bonchev–Trinajstić information content (AvgIpc) is 3.34. The van der Waals surface area contributed by atoms with Crippen LogP contribution in [0.25, 0.3) is 0 Å². The molecule has 5 heteroatoms. The van der Waals surface area contributed by atoms with Crippen LogP contribution >= 0.6 is 23.2 Å². The Kier molecular flexibility index (Phi) is 4.43. The highest BCUT2D eigenvalue weighted by Gasteiger charge is 2.46. The number of benzene rings is 1. The molecule has 0 bridgehead atoms. The van der Waals surface area contributed by atoms with Crippen LogP contribution in [0, 0.1) is 11.8 Å². The van der Waals surface area contributed by atoms with Crippen molar-refractivity contribution in [1.29, 1.82) is 0 Å². The first-order valence-electron chi connectivity index (χ1n) is 7.47. The van der Waals surface area contributed by atoms with Gasteiger partial charge >= 0.3 is 0 Å². The zero-order valence-electron chi connectivity index (χ0n) is 11.7. The number of aliphatic hydroxyl groups is 1. The van der Waals surface area contributed by atoms with Gasteiger partial charge < -0.3 is 10.4 Å². The number of carbonyl (C=O) groups excluding carboxylic acids is 1. The molecule has 0 saturated heterocycles. The van der Waals surface area contributed by atoms with Gasteiger partial charge in [-0.3, -0.25) is 4.79 Å². The lowest BCUT2D eigenvalue weighted by molar-refractivity contribution is -0.123. The van der Waals surface area contributed by atoms with Gasteiger partial charge in [0, 0.05) is 18.6 Å². The Morgan fingerprint density at radius 2 is 2.14 bits per heavy atom. The number of halogens is 2. The van der Waals surface area contributed by atoms with Crippen LogP contribution in [0.1, 0.15) is 37.2 Å². The number of hydrogen-bond acceptors (Lipinski definition) is 2. The van der Waals surface area contributed by atoms with Crippen LogP contribution < -0.4 is 5.32 Å². The van der Waals surface area contributed by atoms with E-state index in [0.29, 0.717) is 22.4 Å². The van der Waals surface area contributed by atoms with E-state index < -0.39 is 0 Å². The third-order valence-corrected chi connectivity index (χ3v) is 5.30. The summed E-state index contributed by atoms with van der Waals surface area (Å²) >= 11 is 12.2. The summed E-state index contributed by atoms with van der Waals surface area (Å²) in [5.74, 6) is 0.792. The van der Waals surface area contributed by atoms with Crippen molar-refractivity contribution in [1.82, 2.24) is 5.32 Å². The maximum atomic E-state index is 12.3. The van der Waals surface area contributed by atoms with E-state index in [1.807, 2.05) is 12.1 Å². The average molecular weight is 328 g/mol. The van der Waals surface area contributed by atoms with Gasteiger partial charge in [0.15, 0.2) is 0 Å². The normalized spacial score (nSPS) is 25.5. The Bertz CT molecular complexity index is 545. The highest BCUT2D eigenvalue weighted by atomic mass is 35.5. The Morgan fingerprint density at radius 1 is 1.38 bits per heavy atom. The van der Waals surface area contributed by atoms with E-state index in [1.54, 1.807) is 6.07 Å². The van der Waals surface area contributed by atoms with E-state index >= 15 is 0 Å². The molecule has 3 unspecified atom stereocenters. The summed E-state index contributed by atoms with van der Waals surface area (Å²) in [5, 5.41) is 13.3. The molecule has 2 saturated carbocycles. The predicted octanol–water partition coefficient (Wildman–Crippen LogP) is 3.37. The molecule has 114 valence electrons. The van der Waals surface area contributed by atoms with E-state index in [1.165, 1.54) is 0 Å². The van der Waals surface area contributed by atoms with Gasteiger partial charge in [-0.25, -0.2) is 0 Å². The molecule has 0 aliphatic heterocycles. The summed E-state index contributed by atoms with van der Waals surface area (Å²) in [6.07, 6.45) is 3.77. The summed E-state index contributed by atoms with van der Waals surface area (Å²) in [7, 11) is 0. The van der Waals surface area contributed by atoms with Crippen molar-refractivity contribution >= 4 is 29.1 Å². The first-order chi connectivity index (χ1) is 10.1. The van der Waals surface area contributed by atoms with Crippen molar-refractivity contribution in [3.8, 4) is 0 Å². The molecule has 0 heterocycles. The summed E-state index contributed by atoms with van der Waals surface area (Å²) in [4.78, 5) is 12.3. The van der Waals surface area contributed by atoms with E-state index in [4.69, 9.17) is 28.3 Å². The number of carbonyl (C=O) groups is 1. The lowest BCUT2D eigenvalue weighted by Crippen LogP contribution is -2.38. The van der Waals surface area contributed by atoms with Gasteiger partial charge in [0.25, 0.3) is 0 Å². The van der Waals surface area contributed by atoms with Crippen LogP contribution in [0.15, 0.2) is 18.2 Å². The van der Waals surface area contributed by atoms with Crippen molar-refractivity contribution < 1.29 is 9.90 Å². The fourth-order valence-electron chi connectivity index (χ4n) is 2.99. The lowest BCUT2D eigenvalue weighted by atomic mass is 10.1. The van der Waals surface area contributed by atoms with Gasteiger partial charge in [-0.15, -0.1) is 0 Å². The van der Waals surface area contributed by atoms with Crippen LogP contribution in [0.4, 0.5) is 0 Å². The molecule has 0 spiro atoms. The third kappa shape index (κ3) is 3.36. The number of rotatable bonds is 6. The number of hydrogen-bond donors (Lipinski definition) is 2. The monoisotopic (exact) mass is 327 g/mol. The van der Waals surface area contributed by atoms with E-state index in [0.717, 1.165) is 24.8 Å². The van der Waals surface area contributed by atoms with E-state index in [2.05, 4.69) is 5.32 Å². The molecule has 2 fully saturated rings. The Balaban J connectivity index is 1.61. The molecule has 2 N–H and O–H groups in total. The largest absolute Gasteiger partial charge is 0.396 e. The van der Waals surface area contributed by atoms with Crippen molar-refractivity contribution in [2.75, 3.05) is 6.61 Å². The van der Waals surface area contributed by atoms with Gasteiger partial charge in [-0.1, -0.05) is 35.3 Å². The predicted molar refractivity (Wildman–Crippen MR) is 83.7 cm³/mol. The summed E-state index contributed by atoms with van der Waals surface area (Å²) in [5.41, 5.74) is 0.967. The van der Waals surface area contributed by atoms with E-state index in [9.17, 15) is 4.79 Å². The SMILES string of the molecule is O=C(NC(CCO)C1CC1)C1CC1c1cccc(Cl)c1Cl. The second kappa shape index (κ2) is 6.15. The van der Waals surface area contributed by atoms with Crippen molar-refractivity contribution in [2.45, 2.75) is 37.6 Å². The van der Waals surface area contributed by atoms with Crippen LogP contribution in [0.2, 0.25) is 10.0 Å². The van der Waals surface area contributed by atoms with Gasteiger partial charge in [-0.05, 0) is 49.1 Å². The molecular formula is C16H19Cl2NO2. The minimum atomic E-state index is -0.0130. The van der Waals surface area contributed by atoms with Crippen molar-refractivity contribution in [3.05, 3.63) is 33.8 Å². The molecule has 3 nitrogen and oxygen atoms in total. The van der Waals surface area contributed by atoms with Gasteiger partial charge in [0.2, 0.25) is 5.91 Å². The van der Waals surface area contributed by atoms with Crippen LogP contribution in [0.5, 0.6) is 0 Å². The number of amides is 1. The Hall–Kier alpha value is -0.770.